The summed E-state index contributed by atoms with van der Waals surface area (Å²) < 4.78 is 10.7. The molecule has 0 spiro atoms. The lowest BCUT2D eigenvalue weighted by molar-refractivity contribution is -0.115. The zero-order valence-electron chi connectivity index (χ0n) is 15.9. The van der Waals surface area contributed by atoms with Crippen LogP contribution in [0.25, 0.3) is 11.4 Å². The summed E-state index contributed by atoms with van der Waals surface area (Å²) in [4.78, 5) is 17.0. The Kier molecular flexibility index (Phi) is 6.54. The van der Waals surface area contributed by atoms with E-state index < -0.39 is 0 Å². The summed E-state index contributed by atoms with van der Waals surface area (Å²) in [5.41, 5.74) is 1.54. The van der Waals surface area contributed by atoms with E-state index in [-0.39, 0.29) is 11.2 Å². The van der Waals surface area contributed by atoms with Gasteiger partial charge in [0.05, 0.1) is 24.7 Å². The third-order valence-electron chi connectivity index (χ3n) is 3.92. The lowest BCUT2D eigenvalue weighted by Gasteiger charge is -2.13. The van der Waals surface area contributed by atoms with E-state index in [1.54, 1.807) is 7.11 Å². The Morgan fingerprint density at radius 1 is 1.21 bits per heavy atom. The van der Waals surface area contributed by atoms with Gasteiger partial charge in [0.1, 0.15) is 11.5 Å². The first-order valence-corrected chi connectivity index (χ1v) is 9.75. The van der Waals surface area contributed by atoms with Gasteiger partial charge in [-0.25, -0.2) is 4.98 Å². The number of carbonyl (C=O) groups is 1. The standard InChI is InChI=1S/C20H22N4O3S/c1-4-27-17-8-6-5-7-16(17)21-19(25)13(2)28-20-22-18(23-24-20)14-9-11-15(26-3)12-10-14/h5-13H,4H2,1-3H3,(H,21,25)(H,22,23,24)/t13-/m1/s1. The van der Waals surface area contributed by atoms with E-state index in [0.29, 0.717) is 29.0 Å². The smallest absolute Gasteiger partial charge is 0.237 e. The SMILES string of the molecule is CCOc1ccccc1NC(=O)[C@@H](C)Sc1n[nH]c(-c2ccc(OC)cc2)n1. The molecular formula is C20H22N4O3S. The van der Waals surface area contributed by atoms with Crippen molar-refractivity contribution < 1.29 is 14.3 Å². The van der Waals surface area contributed by atoms with Gasteiger partial charge in [-0.3, -0.25) is 9.89 Å². The van der Waals surface area contributed by atoms with Crippen LogP contribution in [0.1, 0.15) is 13.8 Å². The van der Waals surface area contributed by atoms with E-state index >= 15 is 0 Å². The molecule has 3 aromatic rings. The summed E-state index contributed by atoms with van der Waals surface area (Å²) in [5, 5.41) is 10.1. The minimum absolute atomic E-state index is 0.145. The maximum absolute atomic E-state index is 12.6. The number of anilines is 1. The van der Waals surface area contributed by atoms with Crippen LogP contribution in [-0.4, -0.2) is 40.1 Å². The summed E-state index contributed by atoms with van der Waals surface area (Å²) >= 11 is 1.28. The Balaban J connectivity index is 1.64. The summed E-state index contributed by atoms with van der Waals surface area (Å²) in [7, 11) is 1.62. The Labute approximate surface area is 167 Å². The number of hydrogen-bond acceptors (Lipinski definition) is 6. The van der Waals surface area contributed by atoms with Gasteiger partial charge in [0.15, 0.2) is 5.82 Å². The molecule has 8 heteroatoms. The van der Waals surface area contributed by atoms with Crippen molar-refractivity contribution in [3.63, 3.8) is 0 Å². The van der Waals surface area contributed by atoms with Crippen LogP contribution in [-0.2, 0) is 4.79 Å². The van der Waals surface area contributed by atoms with E-state index in [1.165, 1.54) is 11.8 Å². The Morgan fingerprint density at radius 3 is 2.68 bits per heavy atom. The van der Waals surface area contributed by atoms with Crippen LogP contribution >= 0.6 is 11.8 Å². The number of aromatic nitrogens is 3. The number of para-hydroxylation sites is 2. The highest BCUT2D eigenvalue weighted by Gasteiger charge is 2.19. The molecule has 0 radical (unpaired) electrons. The van der Waals surface area contributed by atoms with Crippen LogP contribution in [0.15, 0.2) is 53.7 Å². The van der Waals surface area contributed by atoms with Gasteiger partial charge in [0.2, 0.25) is 11.1 Å². The molecule has 0 aliphatic carbocycles. The molecule has 0 fully saturated rings. The van der Waals surface area contributed by atoms with Gasteiger partial charge >= 0.3 is 0 Å². The zero-order chi connectivity index (χ0) is 19.9. The third kappa shape index (κ3) is 4.83. The number of benzene rings is 2. The topological polar surface area (TPSA) is 89.1 Å². The van der Waals surface area contributed by atoms with Crippen LogP contribution in [0.2, 0.25) is 0 Å². The van der Waals surface area contributed by atoms with Gasteiger partial charge in [0.25, 0.3) is 0 Å². The van der Waals surface area contributed by atoms with Crippen LogP contribution in [0.5, 0.6) is 11.5 Å². The molecule has 1 atom stereocenters. The molecular weight excluding hydrogens is 376 g/mol. The van der Waals surface area contributed by atoms with Gasteiger partial charge in [0, 0.05) is 5.56 Å². The second kappa shape index (κ2) is 9.27. The highest BCUT2D eigenvalue weighted by atomic mass is 32.2. The van der Waals surface area contributed by atoms with Gasteiger partial charge in [-0.15, -0.1) is 5.10 Å². The predicted octanol–water partition coefficient (Wildman–Crippen LogP) is 4.00. The molecule has 0 saturated heterocycles. The van der Waals surface area contributed by atoms with Gasteiger partial charge in [-0.1, -0.05) is 23.9 Å². The molecule has 2 N–H and O–H groups in total. The zero-order valence-corrected chi connectivity index (χ0v) is 16.7. The maximum atomic E-state index is 12.6. The van der Waals surface area contributed by atoms with Crippen molar-refractivity contribution in [2.75, 3.05) is 19.0 Å². The van der Waals surface area contributed by atoms with Crippen LogP contribution in [0.4, 0.5) is 5.69 Å². The first-order chi connectivity index (χ1) is 13.6. The highest BCUT2D eigenvalue weighted by Crippen LogP contribution is 2.27. The van der Waals surface area contributed by atoms with Gasteiger partial charge in [-0.05, 0) is 50.2 Å². The normalized spacial score (nSPS) is 11.7. The van der Waals surface area contributed by atoms with Crippen molar-refractivity contribution in [2.45, 2.75) is 24.3 Å². The minimum Gasteiger partial charge on any atom is -0.497 e. The molecule has 2 aromatic carbocycles. The molecule has 0 unspecified atom stereocenters. The minimum atomic E-state index is -0.380. The number of H-pyrrole nitrogens is 1. The number of methoxy groups -OCH3 is 1. The Bertz CT molecular complexity index is 927. The fraction of sp³-hybridized carbons (Fsp3) is 0.250. The molecule has 0 saturated carbocycles. The molecule has 1 aromatic heterocycles. The van der Waals surface area contributed by atoms with Crippen molar-refractivity contribution in [1.82, 2.24) is 15.2 Å². The molecule has 0 aliphatic heterocycles. The van der Waals surface area contributed by atoms with Crippen molar-refractivity contribution in [3.8, 4) is 22.9 Å². The number of hydrogen-bond donors (Lipinski definition) is 2. The predicted molar refractivity (Wildman–Crippen MR) is 110 cm³/mol. The molecule has 1 amide bonds. The van der Waals surface area contributed by atoms with Crippen LogP contribution < -0.4 is 14.8 Å². The number of aromatic amines is 1. The van der Waals surface area contributed by atoms with Crippen molar-refractivity contribution in [3.05, 3.63) is 48.5 Å². The lowest BCUT2D eigenvalue weighted by Crippen LogP contribution is -2.22. The third-order valence-corrected chi connectivity index (χ3v) is 4.89. The summed E-state index contributed by atoms with van der Waals surface area (Å²) in [5.74, 6) is 1.91. The number of carbonyl (C=O) groups excluding carboxylic acids is 1. The Hall–Kier alpha value is -3.00. The molecule has 0 bridgehead atoms. The molecule has 3 rings (SSSR count). The number of thioether (sulfide) groups is 1. The summed E-state index contributed by atoms with van der Waals surface area (Å²) in [6.45, 7) is 4.25. The quantitative estimate of drug-likeness (QED) is 0.558. The van der Waals surface area contributed by atoms with E-state index in [4.69, 9.17) is 9.47 Å². The van der Waals surface area contributed by atoms with E-state index in [9.17, 15) is 4.79 Å². The second-order valence-corrected chi connectivity index (χ2v) is 7.18. The van der Waals surface area contributed by atoms with Crippen LogP contribution in [0, 0.1) is 0 Å². The van der Waals surface area contributed by atoms with E-state index in [0.717, 1.165) is 11.3 Å². The lowest BCUT2D eigenvalue weighted by atomic mass is 10.2. The number of rotatable bonds is 8. The summed E-state index contributed by atoms with van der Waals surface area (Å²) in [6.07, 6.45) is 0. The van der Waals surface area contributed by atoms with Crippen molar-refractivity contribution >= 4 is 23.4 Å². The molecule has 1 heterocycles. The monoisotopic (exact) mass is 398 g/mol. The number of amides is 1. The van der Waals surface area contributed by atoms with Crippen LogP contribution in [0.3, 0.4) is 0 Å². The first-order valence-electron chi connectivity index (χ1n) is 8.87. The molecule has 28 heavy (non-hydrogen) atoms. The summed E-state index contributed by atoms with van der Waals surface area (Å²) in [6, 6.07) is 14.9. The number of nitrogens with zero attached hydrogens (tertiary/aromatic N) is 2. The first kappa shape index (κ1) is 19.8. The number of ether oxygens (including phenoxy) is 2. The highest BCUT2D eigenvalue weighted by molar-refractivity contribution is 8.00. The van der Waals surface area contributed by atoms with E-state index in [1.807, 2.05) is 62.4 Å². The van der Waals surface area contributed by atoms with Gasteiger partial charge in [-0.2, -0.15) is 0 Å². The fourth-order valence-corrected chi connectivity index (χ4v) is 3.20. The van der Waals surface area contributed by atoms with Crippen molar-refractivity contribution in [2.24, 2.45) is 0 Å². The van der Waals surface area contributed by atoms with Gasteiger partial charge < -0.3 is 14.8 Å². The number of nitrogens with one attached hydrogen (secondary N) is 2. The molecule has 0 aliphatic rings. The largest absolute Gasteiger partial charge is 0.497 e. The maximum Gasteiger partial charge on any atom is 0.237 e. The average Bonchev–Trinajstić information content (AvgIpc) is 3.18. The molecule has 7 nitrogen and oxygen atoms in total. The van der Waals surface area contributed by atoms with Crippen molar-refractivity contribution in [1.29, 1.82) is 0 Å². The van der Waals surface area contributed by atoms with E-state index in [2.05, 4.69) is 20.5 Å². The Morgan fingerprint density at radius 2 is 1.96 bits per heavy atom. The second-order valence-electron chi connectivity index (χ2n) is 5.87. The average molecular weight is 398 g/mol. The fourth-order valence-electron chi connectivity index (χ4n) is 2.47. The molecule has 146 valence electrons.